The molecule has 0 radical (unpaired) electrons. The molecule has 0 amide bonds. The molecule has 19 heavy (non-hydrogen) atoms. The van der Waals surface area contributed by atoms with Crippen LogP contribution in [-0.2, 0) is 0 Å². The number of tetrazole rings is 1. The third-order valence-electron chi connectivity index (χ3n) is 3.29. The van der Waals surface area contributed by atoms with Crippen molar-refractivity contribution >= 4 is 11.8 Å². The average Bonchev–Trinajstić information content (AvgIpc) is 2.95. The van der Waals surface area contributed by atoms with E-state index in [1.165, 1.54) is 12.8 Å². The number of nitrogens with one attached hydrogen (secondary N) is 1. The van der Waals surface area contributed by atoms with E-state index in [0.717, 1.165) is 35.6 Å². The smallest absolute Gasteiger partial charge is 0.214 e. The van der Waals surface area contributed by atoms with Crippen LogP contribution in [0.3, 0.4) is 0 Å². The van der Waals surface area contributed by atoms with E-state index in [-0.39, 0.29) is 0 Å². The van der Waals surface area contributed by atoms with Gasteiger partial charge < -0.3 is 5.32 Å². The maximum absolute atomic E-state index is 4.12. The fourth-order valence-corrected chi connectivity index (χ4v) is 3.29. The van der Waals surface area contributed by atoms with Gasteiger partial charge in [-0.05, 0) is 54.4 Å². The molecule has 1 saturated heterocycles. The lowest BCUT2D eigenvalue weighted by molar-refractivity contribution is 0.410. The third kappa shape index (κ3) is 3.13. The van der Waals surface area contributed by atoms with Crippen molar-refractivity contribution in [1.82, 2.24) is 25.5 Å². The second-order valence-electron chi connectivity index (χ2n) is 4.73. The number of hydrogen-bond donors (Lipinski definition) is 1. The van der Waals surface area contributed by atoms with E-state index in [2.05, 4.69) is 20.8 Å². The second kappa shape index (κ2) is 6.16. The van der Waals surface area contributed by atoms with E-state index < -0.39 is 0 Å². The lowest BCUT2D eigenvalue weighted by atomic mass is 10.0. The predicted molar refractivity (Wildman–Crippen MR) is 75.5 cm³/mol. The highest BCUT2D eigenvalue weighted by Gasteiger charge is 2.15. The summed E-state index contributed by atoms with van der Waals surface area (Å²) in [5, 5.41) is 16.3. The molecule has 1 N–H and O–H groups in total. The van der Waals surface area contributed by atoms with Gasteiger partial charge in [0.15, 0.2) is 0 Å². The average molecular weight is 275 g/mol. The van der Waals surface area contributed by atoms with Crippen molar-refractivity contribution in [3.05, 3.63) is 30.3 Å². The first kappa shape index (κ1) is 12.6. The SMILES string of the molecule is c1ccc(-n2nnnc2SC[C@@H]2CCCNC2)cc1. The lowest BCUT2D eigenvalue weighted by Crippen LogP contribution is -2.31. The molecule has 5 nitrogen and oxygen atoms in total. The van der Waals surface area contributed by atoms with Gasteiger partial charge in [0, 0.05) is 5.75 Å². The summed E-state index contributed by atoms with van der Waals surface area (Å²) in [5.74, 6) is 1.79. The molecule has 0 bridgehead atoms. The molecule has 2 heterocycles. The summed E-state index contributed by atoms with van der Waals surface area (Å²) in [6.07, 6.45) is 2.57. The molecule has 1 aromatic carbocycles. The Bertz CT molecular complexity index is 507. The van der Waals surface area contributed by atoms with Gasteiger partial charge in [-0.3, -0.25) is 0 Å². The highest BCUT2D eigenvalue weighted by Crippen LogP contribution is 2.23. The number of nitrogens with zero attached hydrogens (tertiary/aromatic N) is 4. The van der Waals surface area contributed by atoms with Crippen molar-refractivity contribution in [2.75, 3.05) is 18.8 Å². The number of piperidine rings is 1. The highest BCUT2D eigenvalue weighted by molar-refractivity contribution is 7.99. The standard InChI is InChI=1S/C13H17N5S/c1-2-6-12(7-3-1)18-13(15-16-17-18)19-10-11-5-4-8-14-9-11/h1-3,6-7,11,14H,4-5,8-10H2/t11-/m1/s1. The van der Waals surface area contributed by atoms with Crippen molar-refractivity contribution in [2.24, 2.45) is 5.92 Å². The first-order valence-corrected chi connectivity index (χ1v) is 7.59. The van der Waals surface area contributed by atoms with Crippen molar-refractivity contribution in [3.63, 3.8) is 0 Å². The van der Waals surface area contributed by atoms with Gasteiger partial charge in [0.25, 0.3) is 0 Å². The molecular weight excluding hydrogens is 258 g/mol. The summed E-state index contributed by atoms with van der Waals surface area (Å²) in [7, 11) is 0. The zero-order valence-corrected chi connectivity index (χ0v) is 11.5. The van der Waals surface area contributed by atoms with Crippen molar-refractivity contribution in [2.45, 2.75) is 18.0 Å². The van der Waals surface area contributed by atoms with Crippen molar-refractivity contribution in [3.8, 4) is 5.69 Å². The number of benzene rings is 1. The van der Waals surface area contributed by atoms with Crippen LogP contribution in [0.25, 0.3) is 5.69 Å². The van der Waals surface area contributed by atoms with Crippen LogP contribution in [0.5, 0.6) is 0 Å². The van der Waals surface area contributed by atoms with Crippen LogP contribution >= 0.6 is 11.8 Å². The molecule has 1 aliphatic heterocycles. The van der Waals surface area contributed by atoms with E-state index >= 15 is 0 Å². The molecule has 1 atom stereocenters. The largest absolute Gasteiger partial charge is 0.316 e. The Morgan fingerprint density at radius 3 is 3.00 bits per heavy atom. The zero-order valence-electron chi connectivity index (χ0n) is 10.7. The van der Waals surface area contributed by atoms with E-state index in [1.54, 1.807) is 16.4 Å². The summed E-state index contributed by atoms with van der Waals surface area (Å²) in [6, 6.07) is 10.0. The zero-order chi connectivity index (χ0) is 12.9. The second-order valence-corrected chi connectivity index (χ2v) is 5.72. The lowest BCUT2D eigenvalue weighted by Gasteiger charge is -2.21. The van der Waals surface area contributed by atoms with Gasteiger partial charge >= 0.3 is 0 Å². The quantitative estimate of drug-likeness (QED) is 0.862. The van der Waals surface area contributed by atoms with Gasteiger partial charge in [-0.2, -0.15) is 4.68 Å². The summed E-state index contributed by atoms with van der Waals surface area (Å²) < 4.78 is 1.81. The van der Waals surface area contributed by atoms with Crippen molar-refractivity contribution in [1.29, 1.82) is 0 Å². The Morgan fingerprint density at radius 2 is 2.21 bits per heavy atom. The molecule has 1 aliphatic rings. The topological polar surface area (TPSA) is 55.6 Å². The molecule has 100 valence electrons. The van der Waals surface area contributed by atoms with Gasteiger partial charge in [0.05, 0.1) is 5.69 Å². The molecular formula is C13H17N5S. The van der Waals surface area contributed by atoms with Crippen LogP contribution in [0.1, 0.15) is 12.8 Å². The van der Waals surface area contributed by atoms with Crippen molar-refractivity contribution < 1.29 is 0 Å². The molecule has 0 unspecified atom stereocenters. The Hall–Kier alpha value is -1.40. The van der Waals surface area contributed by atoms with Crippen LogP contribution < -0.4 is 5.32 Å². The van der Waals surface area contributed by atoms with E-state index in [0.29, 0.717) is 0 Å². The summed E-state index contributed by atoms with van der Waals surface area (Å²) in [5.41, 5.74) is 1.01. The Balaban J connectivity index is 1.67. The molecule has 3 rings (SSSR count). The summed E-state index contributed by atoms with van der Waals surface area (Å²) in [4.78, 5) is 0. The molecule has 6 heteroatoms. The summed E-state index contributed by atoms with van der Waals surface area (Å²) in [6.45, 7) is 2.27. The number of hydrogen-bond acceptors (Lipinski definition) is 5. The van der Waals surface area contributed by atoms with E-state index in [4.69, 9.17) is 0 Å². The summed E-state index contributed by atoms with van der Waals surface area (Å²) >= 11 is 1.74. The Morgan fingerprint density at radius 1 is 1.32 bits per heavy atom. The Labute approximate surface area is 116 Å². The number of thioether (sulfide) groups is 1. The number of para-hydroxylation sites is 1. The third-order valence-corrected chi connectivity index (χ3v) is 4.44. The number of aromatic nitrogens is 4. The monoisotopic (exact) mass is 275 g/mol. The van der Waals surface area contributed by atoms with Crippen LogP contribution in [-0.4, -0.2) is 39.0 Å². The minimum Gasteiger partial charge on any atom is -0.316 e. The fourth-order valence-electron chi connectivity index (χ4n) is 2.26. The molecule has 1 fully saturated rings. The minimum absolute atomic E-state index is 0.722. The fraction of sp³-hybridized carbons (Fsp3) is 0.462. The normalized spacial score (nSPS) is 19.5. The van der Waals surface area contributed by atoms with Crippen LogP contribution in [0.4, 0.5) is 0 Å². The minimum atomic E-state index is 0.722. The van der Waals surface area contributed by atoms with Gasteiger partial charge in [0.2, 0.25) is 5.16 Å². The first-order chi connectivity index (χ1) is 9.43. The molecule has 0 spiro atoms. The van der Waals surface area contributed by atoms with E-state index in [1.807, 2.05) is 30.3 Å². The van der Waals surface area contributed by atoms with Crippen LogP contribution in [0, 0.1) is 5.92 Å². The molecule has 0 saturated carbocycles. The van der Waals surface area contributed by atoms with Gasteiger partial charge in [-0.25, -0.2) is 0 Å². The maximum Gasteiger partial charge on any atom is 0.214 e. The van der Waals surface area contributed by atoms with E-state index in [9.17, 15) is 0 Å². The predicted octanol–water partition coefficient (Wildman–Crippen LogP) is 1.75. The van der Waals surface area contributed by atoms with Crippen LogP contribution in [0.15, 0.2) is 35.5 Å². The van der Waals surface area contributed by atoms with Gasteiger partial charge in [-0.15, -0.1) is 5.10 Å². The first-order valence-electron chi connectivity index (χ1n) is 6.61. The highest BCUT2D eigenvalue weighted by atomic mass is 32.2. The Kier molecular flexibility index (Phi) is 4.10. The molecule has 2 aromatic rings. The van der Waals surface area contributed by atoms with Gasteiger partial charge in [0.1, 0.15) is 0 Å². The van der Waals surface area contributed by atoms with Gasteiger partial charge in [-0.1, -0.05) is 30.0 Å². The maximum atomic E-state index is 4.12. The molecule has 1 aromatic heterocycles. The molecule has 0 aliphatic carbocycles. The van der Waals surface area contributed by atoms with Crippen LogP contribution in [0.2, 0.25) is 0 Å². The number of rotatable bonds is 4.